The van der Waals surface area contributed by atoms with E-state index in [1.165, 1.54) is 6.08 Å². The number of aromatic nitrogens is 1. The number of thiazole rings is 1. The Kier molecular flexibility index (Phi) is 7.44. The molecule has 2 aliphatic heterocycles. The minimum Gasteiger partial charge on any atom is -0.478 e. The molecule has 5 rings (SSSR count). The molecule has 0 unspecified atom stereocenters. The first-order valence-corrected chi connectivity index (χ1v) is 13.2. The van der Waals surface area contributed by atoms with E-state index in [-0.39, 0.29) is 17.9 Å². The average molecular weight is 503 g/mol. The Labute approximate surface area is 215 Å². The molecule has 2 saturated heterocycles. The quantitative estimate of drug-likeness (QED) is 0.497. The smallest absolute Gasteiger partial charge is 0.328 e. The van der Waals surface area contributed by atoms with Gasteiger partial charge in [-0.05, 0) is 23.1 Å². The SMILES string of the molecule is O=C(O)C=C1CCN(C[C@@H]2CN(c3nccs3)CCN2C(=O)C(c2ccccc2)c2ccccc2)C1. The number of carboxylic acid groups (broad SMARTS) is 1. The fourth-order valence-electron chi connectivity index (χ4n) is 5.28. The van der Waals surface area contributed by atoms with Crippen molar-refractivity contribution in [3.63, 3.8) is 0 Å². The predicted octanol–water partition coefficient (Wildman–Crippen LogP) is 3.71. The molecule has 0 spiro atoms. The number of aliphatic carboxylic acids is 1. The Hall–Kier alpha value is -3.49. The maximum Gasteiger partial charge on any atom is 0.328 e. The topological polar surface area (TPSA) is 77.0 Å². The van der Waals surface area contributed by atoms with E-state index in [0.717, 1.165) is 41.3 Å². The maximum absolute atomic E-state index is 14.3. The summed E-state index contributed by atoms with van der Waals surface area (Å²) in [5, 5.41) is 12.1. The molecule has 2 aromatic carbocycles. The van der Waals surface area contributed by atoms with Crippen molar-refractivity contribution < 1.29 is 14.7 Å². The van der Waals surface area contributed by atoms with Crippen molar-refractivity contribution in [1.82, 2.24) is 14.8 Å². The number of carbonyl (C=O) groups is 2. The van der Waals surface area contributed by atoms with Crippen molar-refractivity contribution in [1.29, 1.82) is 0 Å². The molecule has 186 valence electrons. The van der Waals surface area contributed by atoms with E-state index < -0.39 is 5.97 Å². The van der Waals surface area contributed by atoms with E-state index in [1.807, 2.05) is 77.1 Å². The van der Waals surface area contributed by atoms with E-state index in [9.17, 15) is 9.59 Å². The van der Waals surface area contributed by atoms with Gasteiger partial charge in [-0.15, -0.1) is 11.3 Å². The standard InChI is InChI=1S/C28H30N4O3S/c33-25(34)17-21-11-13-30(18-21)19-24-20-31(28-29-12-16-36-28)14-15-32(24)27(35)26(22-7-3-1-4-8-22)23-9-5-2-6-10-23/h1-10,12,16-17,24,26H,11,13-15,18-20H2,(H,33,34)/t24-/m1/s1. The van der Waals surface area contributed by atoms with Crippen LogP contribution in [0.4, 0.5) is 5.13 Å². The summed E-state index contributed by atoms with van der Waals surface area (Å²) in [5.41, 5.74) is 2.91. The molecule has 8 heteroatoms. The molecule has 1 N–H and O–H groups in total. The summed E-state index contributed by atoms with van der Waals surface area (Å²) in [5.74, 6) is -1.16. The van der Waals surface area contributed by atoms with Gasteiger partial charge in [-0.1, -0.05) is 60.7 Å². The first-order valence-electron chi connectivity index (χ1n) is 12.3. The summed E-state index contributed by atoms with van der Waals surface area (Å²) >= 11 is 1.61. The molecule has 3 heterocycles. The highest BCUT2D eigenvalue weighted by molar-refractivity contribution is 7.13. The van der Waals surface area contributed by atoms with Gasteiger partial charge in [0, 0.05) is 56.9 Å². The third kappa shape index (κ3) is 5.50. The molecule has 3 aromatic rings. The monoisotopic (exact) mass is 502 g/mol. The first kappa shape index (κ1) is 24.2. The van der Waals surface area contributed by atoms with Crippen LogP contribution in [0.15, 0.2) is 83.9 Å². The van der Waals surface area contributed by atoms with Crippen LogP contribution in [0.5, 0.6) is 0 Å². The Morgan fingerprint density at radius 2 is 1.72 bits per heavy atom. The summed E-state index contributed by atoms with van der Waals surface area (Å²) in [6.45, 7) is 4.17. The summed E-state index contributed by atoms with van der Waals surface area (Å²) < 4.78 is 0. The molecular weight excluding hydrogens is 472 g/mol. The normalized spacial score (nSPS) is 19.8. The van der Waals surface area contributed by atoms with Gasteiger partial charge in [-0.2, -0.15) is 0 Å². The van der Waals surface area contributed by atoms with Crippen molar-refractivity contribution in [3.05, 3.63) is 95.0 Å². The van der Waals surface area contributed by atoms with Gasteiger partial charge in [0.15, 0.2) is 5.13 Å². The number of rotatable bonds is 7. The molecule has 0 bridgehead atoms. The number of benzene rings is 2. The molecule has 0 aliphatic carbocycles. The van der Waals surface area contributed by atoms with Crippen LogP contribution in [0.2, 0.25) is 0 Å². The van der Waals surface area contributed by atoms with Crippen molar-refractivity contribution >= 4 is 28.3 Å². The molecule has 2 aliphatic rings. The van der Waals surface area contributed by atoms with Crippen molar-refractivity contribution in [2.75, 3.05) is 44.2 Å². The van der Waals surface area contributed by atoms with Gasteiger partial charge in [-0.25, -0.2) is 9.78 Å². The van der Waals surface area contributed by atoms with E-state index in [4.69, 9.17) is 5.11 Å². The molecule has 1 amide bonds. The number of hydrogen-bond donors (Lipinski definition) is 1. The first-order chi connectivity index (χ1) is 17.6. The number of amides is 1. The predicted molar refractivity (Wildman–Crippen MR) is 141 cm³/mol. The van der Waals surface area contributed by atoms with E-state index in [1.54, 1.807) is 11.3 Å². The second kappa shape index (κ2) is 11.1. The lowest BCUT2D eigenvalue weighted by atomic mass is 9.89. The van der Waals surface area contributed by atoms with Gasteiger partial charge >= 0.3 is 5.97 Å². The fourth-order valence-corrected chi connectivity index (χ4v) is 5.96. The number of likely N-dealkylation sites (tertiary alicyclic amines) is 1. The highest BCUT2D eigenvalue weighted by Gasteiger charge is 2.37. The van der Waals surface area contributed by atoms with Crippen LogP contribution in [0, 0.1) is 0 Å². The molecule has 1 atom stereocenters. The van der Waals surface area contributed by atoms with Crippen LogP contribution in [0.3, 0.4) is 0 Å². The zero-order valence-corrected chi connectivity index (χ0v) is 20.9. The van der Waals surface area contributed by atoms with Gasteiger partial charge < -0.3 is 14.9 Å². The van der Waals surface area contributed by atoms with Crippen molar-refractivity contribution in [3.8, 4) is 0 Å². The molecule has 36 heavy (non-hydrogen) atoms. The Bertz CT molecular complexity index is 1160. The van der Waals surface area contributed by atoms with Crippen LogP contribution >= 0.6 is 11.3 Å². The Morgan fingerprint density at radius 1 is 1.03 bits per heavy atom. The third-order valence-electron chi connectivity index (χ3n) is 6.94. The summed E-state index contributed by atoms with van der Waals surface area (Å²) in [6.07, 6.45) is 3.89. The summed E-state index contributed by atoms with van der Waals surface area (Å²) in [4.78, 5) is 36.5. The van der Waals surface area contributed by atoms with Gasteiger partial charge in [0.05, 0.1) is 12.0 Å². The van der Waals surface area contributed by atoms with Crippen LogP contribution in [0.25, 0.3) is 0 Å². The lowest BCUT2D eigenvalue weighted by Crippen LogP contribution is -2.59. The summed E-state index contributed by atoms with van der Waals surface area (Å²) in [7, 11) is 0. The van der Waals surface area contributed by atoms with E-state index in [2.05, 4.69) is 14.8 Å². The van der Waals surface area contributed by atoms with Crippen LogP contribution in [0.1, 0.15) is 23.5 Å². The highest BCUT2D eigenvalue weighted by Crippen LogP contribution is 2.30. The largest absolute Gasteiger partial charge is 0.478 e. The third-order valence-corrected chi connectivity index (χ3v) is 7.77. The molecule has 1 aromatic heterocycles. The number of carbonyl (C=O) groups excluding carboxylic acids is 1. The van der Waals surface area contributed by atoms with Crippen LogP contribution in [-0.2, 0) is 9.59 Å². The fraction of sp³-hybridized carbons (Fsp3) is 0.321. The van der Waals surface area contributed by atoms with E-state index in [0.29, 0.717) is 26.2 Å². The van der Waals surface area contributed by atoms with E-state index >= 15 is 0 Å². The van der Waals surface area contributed by atoms with Gasteiger partial charge in [0.1, 0.15) is 0 Å². The van der Waals surface area contributed by atoms with Gasteiger partial charge in [0.2, 0.25) is 5.91 Å². The van der Waals surface area contributed by atoms with Gasteiger partial charge in [0.25, 0.3) is 0 Å². The molecule has 7 nitrogen and oxygen atoms in total. The number of piperazine rings is 1. The van der Waals surface area contributed by atoms with Crippen LogP contribution in [-0.4, -0.2) is 77.1 Å². The number of hydrogen-bond acceptors (Lipinski definition) is 6. The second-order valence-electron chi connectivity index (χ2n) is 9.33. The van der Waals surface area contributed by atoms with Gasteiger partial charge in [-0.3, -0.25) is 9.69 Å². The number of anilines is 1. The average Bonchev–Trinajstić information content (AvgIpc) is 3.58. The Balaban J connectivity index is 1.42. The maximum atomic E-state index is 14.3. The zero-order chi connectivity index (χ0) is 24.9. The minimum atomic E-state index is -0.898. The van der Waals surface area contributed by atoms with Crippen molar-refractivity contribution in [2.24, 2.45) is 0 Å². The Morgan fingerprint density at radius 3 is 2.33 bits per heavy atom. The number of nitrogens with zero attached hydrogens (tertiary/aromatic N) is 4. The molecule has 2 fully saturated rings. The minimum absolute atomic E-state index is 0.0331. The number of carboxylic acids is 1. The lowest BCUT2D eigenvalue weighted by molar-refractivity contribution is -0.135. The summed E-state index contributed by atoms with van der Waals surface area (Å²) in [6, 6.07) is 20.0. The highest BCUT2D eigenvalue weighted by atomic mass is 32.1. The zero-order valence-electron chi connectivity index (χ0n) is 20.1. The lowest BCUT2D eigenvalue weighted by Gasteiger charge is -2.44. The van der Waals surface area contributed by atoms with Crippen LogP contribution < -0.4 is 4.90 Å². The molecule has 0 radical (unpaired) electrons. The van der Waals surface area contributed by atoms with Crippen molar-refractivity contribution in [2.45, 2.75) is 18.4 Å². The second-order valence-corrected chi connectivity index (χ2v) is 10.2. The molecular formula is C28H30N4O3S. The molecule has 0 saturated carbocycles.